The van der Waals surface area contributed by atoms with Crippen molar-refractivity contribution in [3.63, 3.8) is 0 Å². The van der Waals surface area contributed by atoms with Gasteiger partial charge in [-0.1, -0.05) is 159 Å². The average molecular weight is 1220 g/mol. The van der Waals surface area contributed by atoms with E-state index in [1.165, 1.54) is 93.2 Å². The number of allylic oxidation sites excluding steroid dienone is 2. The van der Waals surface area contributed by atoms with Crippen molar-refractivity contribution in [3.05, 3.63) is 127 Å². The van der Waals surface area contributed by atoms with E-state index in [1.807, 2.05) is 89.5 Å². The maximum atomic E-state index is 10.7. The minimum Gasteiger partial charge on any atom is -0.478 e. The molecule has 85 heavy (non-hydrogen) atoms. The van der Waals surface area contributed by atoms with E-state index in [1.54, 1.807) is 11.3 Å². The Morgan fingerprint density at radius 3 is 1.47 bits per heavy atom. The lowest BCUT2D eigenvalue weighted by molar-refractivity contribution is 0.0134. The zero-order valence-electron chi connectivity index (χ0n) is 50.3. The number of hydrogen-bond acceptors (Lipinski definition) is 14. The summed E-state index contributed by atoms with van der Waals surface area (Å²) in [6.07, 6.45) is 30.3. The summed E-state index contributed by atoms with van der Waals surface area (Å²) in [4.78, 5) is 6.87. The molecule has 0 bridgehead atoms. The van der Waals surface area contributed by atoms with Gasteiger partial charge in [0.2, 0.25) is 0 Å². The molecule has 0 N–H and O–H groups in total. The number of nitrogens with zero attached hydrogens (tertiary/aromatic N) is 6. The molecule has 0 fully saturated rings. The van der Waals surface area contributed by atoms with Crippen LogP contribution in [-0.4, -0.2) is 22.8 Å². The summed E-state index contributed by atoms with van der Waals surface area (Å²) in [5.74, 6) is 1.71. The van der Waals surface area contributed by atoms with Crippen molar-refractivity contribution in [1.82, 2.24) is 8.75 Å². The molecule has 8 aromatic rings. The molecular weight excluding hydrogens is 1150 g/mol. The van der Waals surface area contributed by atoms with E-state index in [9.17, 15) is 15.8 Å². The Balaban J connectivity index is 1.11. The summed E-state index contributed by atoms with van der Waals surface area (Å²) >= 11 is 8.69. The Bertz CT molecular complexity index is 3950. The van der Waals surface area contributed by atoms with Gasteiger partial charge in [-0.25, -0.2) is 0 Å². The maximum absolute atomic E-state index is 10.7. The van der Waals surface area contributed by atoms with Gasteiger partial charge < -0.3 is 19.1 Å². The Labute approximate surface area is 522 Å². The maximum Gasteiger partial charge on any atom is 0.174 e. The molecule has 3 aromatic carbocycles. The van der Waals surface area contributed by atoms with Gasteiger partial charge in [0.1, 0.15) is 46.0 Å². The zero-order valence-corrected chi connectivity index (χ0v) is 54.3. The summed E-state index contributed by atoms with van der Waals surface area (Å²) in [6.45, 7) is 11.1. The highest BCUT2D eigenvalue weighted by Gasteiger charge is 2.51. The number of unbranched alkanes of at least 4 members (excludes halogenated alkanes) is 12. The molecule has 9 nitrogen and oxygen atoms in total. The molecule has 0 spiro atoms. The summed E-state index contributed by atoms with van der Waals surface area (Å²) in [5, 5.41) is 30.7. The van der Waals surface area contributed by atoms with E-state index in [4.69, 9.17) is 23.0 Å². The second kappa shape index (κ2) is 26.2. The van der Waals surface area contributed by atoms with E-state index < -0.39 is 16.8 Å². The van der Waals surface area contributed by atoms with Crippen molar-refractivity contribution in [2.45, 2.75) is 180 Å². The Hall–Kier alpha value is -6.57. The number of rotatable bonds is 26. The Kier molecular flexibility index (Phi) is 18.5. The molecule has 5 aromatic heterocycles. The third kappa shape index (κ3) is 11.4. The molecule has 8 heterocycles. The van der Waals surface area contributed by atoms with Crippen LogP contribution in [0.3, 0.4) is 0 Å². The lowest BCUT2D eigenvalue weighted by Crippen LogP contribution is -2.39. The zero-order chi connectivity index (χ0) is 59.3. The summed E-state index contributed by atoms with van der Waals surface area (Å²) < 4.78 is 38.5. The van der Waals surface area contributed by atoms with Gasteiger partial charge >= 0.3 is 0 Å². The van der Waals surface area contributed by atoms with E-state index in [0.29, 0.717) is 5.57 Å². The van der Waals surface area contributed by atoms with Crippen LogP contribution in [0, 0.1) is 34.0 Å². The molecule has 3 aliphatic heterocycles. The standard InChI is InChI=1S/C71H76N6O3S5/c1-8-12-16-23-37-70(38-24-17-13-9-2)58-65-54(41-50(81-65)34-31-46-29-32-49(33-30-46)77(6)7)83-67(58)56-60-61(76-85-75-60)57-64(63(56)79-70)80-71(39-25-18-14-10-3,40-26-19-15-11-4)59-66-55(84-68(57)59)42-51(82-66)35-36-53-52(45-74)62(47(43-72)44-73)78-69(53,5)48-27-21-20-22-28-48/h20-22,27-36,41-42H,8-19,23-26,37-40H2,1-7H3/b34-31+,36-35+. The monoisotopic (exact) mass is 1220 g/mol. The molecule has 14 heteroatoms. The van der Waals surface area contributed by atoms with Gasteiger partial charge in [0.05, 0.1) is 32.3 Å². The van der Waals surface area contributed by atoms with E-state index in [0.717, 1.165) is 147 Å². The predicted octanol–water partition coefficient (Wildman–Crippen LogP) is 22.0. The quantitative estimate of drug-likeness (QED) is 0.0384. The number of thiophene rings is 4. The van der Waals surface area contributed by atoms with Crippen LogP contribution in [0.15, 0.2) is 95.3 Å². The molecule has 1 unspecified atom stereocenters. The largest absolute Gasteiger partial charge is 0.478 e. The highest BCUT2D eigenvalue weighted by molar-refractivity contribution is 7.31. The first kappa shape index (κ1) is 60.1. The Morgan fingerprint density at radius 1 is 0.565 bits per heavy atom. The first-order valence-corrected chi connectivity index (χ1v) is 34.9. The molecule has 0 radical (unpaired) electrons. The second-order valence-corrected chi connectivity index (χ2v) is 28.4. The minimum absolute atomic E-state index is 0.0148. The number of ether oxygens (including phenoxy) is 3. The molecule has 438 valence electrons. The number of nitriles is 3. The molecule has 0 saturated heterocycles. The lowest BCUT2D eigenvalue weighted by Gasteiger charge is -2.44. The molecule has 3 aliphatic rings. The lowest BCUT2D eigenvalue weighted by atomic mass is 9.78. The first-order valence-electron chi connectivity index (χ1n) is 30.9. The molecule has 0 amide bonds. The fourth-order valence-electron chi connectivity index (χ4n) is 13.1. The van der Waals surface area contributed by atoms with Crippen molar-refractivity contribution in [1.29, 1.82) is 15.8 Å². The highest BCUT2D eigenvalue weighted by atomic mass is 32.1. The smallest absolute Gasteiger partial charge is 0.174 e. The molecule has 11 rings (SSSR count). The SMILES string of the molecule is CCCCCCC1(CCCCCC)Oc2c3c(c4nsnc4c2-c2sc4cc(/C=C/C5=C(C#N)C(=C(C#N)C#N)OC5(C)c5ccccc5)sc4c21)-c1sc2cc(/C=C/c4ccc(N(C)C)cc4)sc2c1C(CCCCCC)(CCCCCC)O3. The summed E-state index contributed by atoms with van der Waals surface area (Å²) in [7, 11) is 4.16. The fraction of sp³-hybridized carbons (Fsp3) is 0.423. The van der Waals surface area contributed by atoms with Crippen LogP contribution in [0.4, 0.5) is 5.69 Å². The minimum atomic E-state index is -1.12. The van der Waals surface area contributed by atoms with Gasteiger partial charge in [-0.15, -0.1) is 45.3 Å². The second-order valence-electron chi connectivity index (χ2n) is 23.6. The molecule has 1 atom stereocenters. The summed E-state index contributed by atoms with van der Waals surface area (Å²) in [5.41, 5.74) is 7.82. The topological polar surface area (TPSA) is 128 Å². The molecule has 0 saturated carbocycles. The van der Waals surface area contributed by atoms with Crippen molar-refractivity contribution in [2.24, 2.45) is 0 Å². The first-order chi connectivity index (χ1) is 41.5. The number of benzene rings is 3. The highest BCUT2D eigenvalue weighted by Crippen LogP contribution is 2.67. The van der Waals surface area contributed by atoms with Crippen molar-refractivity contribution >= 4 is 111 Å². The van der Waals surface area contributed by atoms with Crippen molar-refractivity contribution < 1.29 is 14.2 Å². The van der Waals surface area contributed by atoms with Crippen LogP contribution in [0.1, 0.15) is 195 Å². The van der Waals surface area contributed by atoms with Crippen LogP contribution in [0.5, 0.6) is 11.5 Å². The number of fused-ring (bicyclic) bond motifs is 14. The number of aromatic nitrogens is 2. The fourth-order valence-corrected chi connectivity index (χ4v) is 19.2. The van der Waals surface area contributed by atoms with Crippen LogP contribution in [-0.2, 0) is 21.5 Å². The van der Waals surface area contributed by atoms with E-state index >= 15 is 0 Å². The van der Waals surface area contributed by atoms with Crippen LogP contribution in [0.25, 0.3) is 68.9 Å². The van der Waals surface area contributed by atoms with Gasteiger partial charge in [0.25, 0.3) is 0 Å². The third-order valence-corrected chi connectivity index (χ3v) is 22.9. The number of hydrogen-bond donors (Lipinski definition) is 0. The van der Waals surface area contributed by atoms with Crippen LogP contribution < -0.4 is 14.4 Å². The van der Waals surface area contributed by atoms with Gasteiger partial charge in [-0.3, -0.25) is 0 Å². The van der Waals surface area contributed by atoms with Gasteiger partial charge in [0, 0.05) is 65.4 Å². The number of anilines is 1. The van der Waals surface area contributed by atoms with Crippen LogP contribution >= 0.6 is 57.1 Å². The molecular formula is C71H76N6O3S5. The Morgan fingerprint density at radius 2 is 1.04 bits per heavy atom. The van der Waals surface area contributed by atoms with Crippen LogP contribution in [0.2, 0.25) is 0 Å². The normalized spacial score (nSPS) is 16.5. The van der Waals surface area contributed by atoms with E-state index in [2.05, 4.69) is 107 Å². The van der Waals surface area contributed by atoms with Gasteiger partial charge in [-0.05, 0) is 106 Å². The molecule has 0 aliphatic carbocycles. The van der Waals surface area contributed by atoms with E-state index in [-0.39, 0.29) is 16.9 Å². The predicted molar refractivity (Wildman–Crippen MR) is 359 cm³/mol. The van der Waals surface area contributed by atoms with Gasteiger partial charge in [-0.2, -0.15) is 24.5 Å². The van der Waals surface area contributed by atoms with Crippen molar-refractivity contribution in [3.8, 4) is 50.6 Å². The third-order valence-electron chi connectivity index (χ3n) is 17.6. The van der Waals surface area contributed by atoms with Gasteiger partial charge in [0.15, 0.2) is 28.4 Å². The average Bonchev–Trinajstić information content (AvgIpc) is 1.67. The summed E-state index contributed by atoms with van der Waals surface area (Å²) in [6, 6.07) is 29.4. The van der Waals surface area contributed by atoms with Crippen molar-refractivity contribution in [2.75, 3.05) is 19.0 Å².